The summed E-state index contributed by atoms with van der Waals surface area (Å²) in [6.45, 7) is 0. The van der Waals surface area contributed by atoms with Crippen molar-refractivity contribution in [2.24, 2.45) is 0 Å². The topological polar surface area (TPSA) is 25.8 Å². The second-order valence-electron chi connectivity index (χ2n) is 2.84. The van der Waals surface area contributed by atoms with E-state index in [1.54, 1.807) is 12.1 Å². The average molecular weight is 260 g/mol. The van der Waals surface area contributed by atoms with Crippen molar-refractivity contribution in [2.45, 2.75) is 0 Å². The fourth-order valence-corrected chi connectivity index (χ4v) is 1.67. The second kappa shape index (κ2) is 4.35. The molecule has 2 nitrogen and oxygen atoms in total. The normalized spacial score (nSPS) is 10.3. The van der Waals surface area contributed by atoms with Crippen molar-refractivity contribution in [3.05, 3.63) is 45.7 Å². The van der Waals surface area contributed by atoms with E-state index in [1.165, 1.54) is 6.07 Å². The summed E-state index contributed by atoms with van der Waals surface area (Å²) in [5, 5.41) is 1.30. The van der Waals surface area contributed by atoms with Gasteiger partial charge in [-0.3, -0.25) is 0 Å². The Bertz CT molecular complexity index is 462. The lowest BCUT2D eigenvalue weighted by Gasteiger charge is -2.01. The van der Waals surface area contributed by atoms with Gasteiger partial charge in [-0.15, -0.1) is 0 Å². The highest BCUT2D eigenvalue weighted by molar-refractivity contribution is 6.33. The van der Waals surface area contributed by atoms with Crippen LogP contribution in [0.15, 0.2) is 30.3 Å². The molecule has 0 saturated carbocycles. The summed E-state index contributed by atoms with van der Waals surface area (Å²) in [4.78, 5) is 8.12. The molecule has 0 spiro atoms. The first-order chi connectivity index (χ1) is 7.15. The summed E-state index contributed by atoms with van der Waals surface area (Å²) in [5.74, 6) is 0.490. The third-order valence-corrected chi connectivity index (χ3v) is 2.41. The molecule has 1 heterocycles. The van der Waals surface area contributed by atoms with Crippen molar-refractivity contribution >= 4 is 34.8 Å². The van der Waals surface area contributed by atoms with Gasteiger partial charge in [0.1, 0.15) is 10.3 Å². The van der Waals surface area contributed by atoms with Crippen LogP contribution in [0.4, 0.5) is 0 Å². The van der Waals surface area contributed by atoms with Crippen molar-refractivity contribution in [2.75, 3.05) is 0 Å². The molecule has 0 radical (unpaired) electrons. The van der Waals surface area contributed by atoms with E-state index in [1.807, 2.05) is 12.1 Å². The van der Waals surface area contributed by atoms with Crippen molar-refractivity contribution in [3.8, 4) is 11.4 Å². The van der Waals surface area contributed by atoms with Crippen LogP contribution >= 0.6 is 34.8 Å². The van der Waals surface area contributed by atoms with Gasteiger partial charge in [-0.1, -0.05) is 34.8 Å². The van der Waals surface area contributed by atoms with Crippen molar-refractivity contribution in [1.29, 1.82) is 0 Å². The summed E-state index contributed by atoms with van der Waals surface area (Å²) in [5.41, 5.74) is 0.823. The molecule has 15 heavy (non-hydrogen) atoms. The van der Waals surface area contributed by atoms with Crippen LogP contribution in [0.2, 0.25) is 15.3 Å². The molecular weight excluding hydrogens is 254 g/mol. The average Bonchev–Trinajstić information content (AvgIpc) is 2.17. The van der Waals surface area contributed by atoms with Crippen molar-refractivity contribution in [1.82, 2.24) is 9.97 Å². The lowest BCUT2D eigenvalue weighted by molar-refractivity contribution is 1.18. The summed E-state index contributed by atoms with van der Waals surface area (Å²) in [7, 11) is 0. The predicted octanol–water partition coefficient (Wildman–Crippen LogP) is 4.10. The van der Waals surface area contributed by atoms with Gasteiger partial charge in [0.25, 0.3) is 0 Å². The quantitative estimate of drug-likeness (QED) is 0.721. The highest BCUT2D eigenvalue weighted by Crippen LogP contribution is 2.21. The van der Waals surface area contributed by atoms with Gasteiger partial charge < -0.3 is 0 Å². The van der Waals surface area contributed by atoms with E-state index < -0.39 is 0 Å². The van der Waals surface area contributed by atoms with Gasteiger partial charge >= 0.3 is 0 Å². The number of rotatable bonds is 1. The molecule has 0 aliphatic carbocycles. The maximum absolute atomic E-state index is 5.77. The number of hydrogen-bond acceptors (Lipinski definition) is 2. The molecular formula is C10H5Cl3N2. The van der Waals surface area contributed by atoms with Crippen LogP contribution in [0.3, 0.4) is 0 Å². The van der Waals surface area contributed by atoms with Crippen LogP contribution < -0.4 is 0 Å². The van der Waals surface area contributed by atoms with Crippen molar-refractivity contribution < 1.29 is 0 Å². The van der Waals surface area contributed by atoms with E-state index in [0.29, 0.717) is 21.2 Å². The van der Waals surface area contributed by atoms with Gasteiger partial charge in [0, 0.05) is 16.7 Å². The zero-order valence-corrected chi connectivity index (χ0v) is 9.68. The highest BCUT2D eigenvalue weighted by atomic mass is 35.5. The third-order valence-electron chi connectivity index (χ3n) is 1.77. The molecule has 2 aromatic rings. The molecule has 1 aromatic heterocycles. The molecule has 0 aliphatic heterocycles. The Hall–Kier alpha value is -0.830. The van der Waals surface area contributed by atoms with Crippen LogP contribution in [0.25, 0.3) is 11.4 Å². The smallest absolute Gasteiger partial charge is 0.162 e. The minimum Gasteiger partial charge on any atom is -0.216 e. The molecule has 0 amide bonds. The van der Waals surface area contributed by atoms with Crippen LogP contribution in [0.5, 0.6) is 0 Å². The summed E-state index contributed by atoms with van der Waals surface area (Å²) in [6, 6.07) is 8.63. The minimum absolute atomic E-state index is 0.319. The maximum Gasteiger partial charge on any atom is 0.162 e. The monoisotopic (exact) mass is 258 g/mol. The third kappa shape index (κ3) is 2.59. The van der Waals surface area contributed by atoms with E-state index in [9.17, 15) is 0 Å². The van der Waals surface area contributed by atoms with E-state index in [2.05, 4.69) is 9.97 Å². The van der Waals surface area contributed by atoms with Gasteiger partial charge in [-0.2, -0.15) is 0 Å². The zero-order chi connectivity index (χ0) is 10.8. The number of nitrogens with zero attached hydrogens (tertiary/aromatic N) is 2. The molecule has 0 bridgehead atoms. The lowest BCUT2D eigenvalue weighted by Crippen LogP contribution is -1.89. The van der Waals surface area contributed by atoms with Crippen LogP contribution in [-0.4, -0.2) is 9.97 Å². The second-order valence-corrected chi connectivity index (χ2v) is 4.05. The molecule has 1 aromatic carbocycles. The first kappa shape index (κ1) is 10.7. The number of benzene rings is 1. The van der Waals surface area contributed by atoms with Gasteiger partial charge in [-0.25, -0.2) is 9.97 Å². The van der Waals surface area contributed by atoms with E-state index >= 15 is 0 Å². The lowest BCUT2D eigenvalue weighted by atomic mass is 10.2. The van der Waals surface area contributed by atoms with E-state index in [-0.39, 0.29) is 0 Å². The first-order valence-corrected chi connectivity index (χ1v) is 5.24. The molecule has 0 atom stereocenters. The van der Waals surface area contributed by atoms with Gasteiger partial charge in [-0.05, 0) is 24.3 Å². The van der Waals surface area contributed by atoms with E-state index in [4.69, 9.17) is 34.8 Å². The molecule has 0 aliphatic rings. The van der Waals surface area contributed by atoms with Crippen LogP contribution in [0, 0.1) is 0 Å². The Morgan fingerprint density at radius 2 is 1.33 bits per heavy atom. The number of hydrogen-bond donors (Lipinski definition) is 0. The summed E-state index contributed by atoms with van der Waals surface area (Å²) < 4.78 is 0. The highest BCUT2D eigenvalue weighted by Gasteiger charge is 2.04. The molecule has 0 unspecified atom stereocenters. The minimum atomic E-state index is 0.319. The van der Waals surface area contributed by atoms with E-state index in [0.717, 1.165) is 5.56 Å². The van der Waals surface area contributed by atoms with Crippen LogP contribution in [0.1, 0.15) is 0 Å². The Morgan fingerprint density at radius 3 is 1.87 bits per heavy atom. The fraction of sp³-hybridized carbons (Fsp3) is 0. The Kier molecular flexibility index (Phi) is 3.10. The molecule has 2 rings (SSSR count). The van der Waals surface area contributed by atoms with Crippen molar-refractivity contribution in [3.63, 3.8) is 0 Å². The molecule has 5 heteroatoms. The predicted molar refractivity (Wildman–Crippen MR) is 62.5 cm³/mol. The summed E-state index contributed by atoms with van der Waals surface area (Å²) in [6.07, 6.45) is 0. The maximum atomic E-state index is 5.77. The first-order valence-electron chi connectivity index (χ1n) is 4.11. The molecule has 0 N–H and O–H groups in total. The Morgan fingerprint density at radius 1 is 0.800 bits per heavy atom. The zero-order valence-electron chi connectivity index (χ0n) is 7.42. The largest absolute Gasteiger partial charge is 0.216 e. The molecule has 76 valence electrons. The Balaban J connectivity index is 2.49. The summed E-state index contributed by atoms with van der Waals surface area (Å²) >= 11 is 17.3. The van der Waals surface area contributed by atoms with Crippen LogP contribution in [-0.2, 0) is 0 Å². The number of halogens is 3. The SMILES string of the molecule is Clc1ccc(-c2nc(Cl)cc(Cl)n2)cc1. The number of aromatic nitrogens is 2. The fourth-order valence-electron chi connectivity index (χ4n) is 1.12. The Labute approximate surface area is 102 Å². The molecule has 0 saturated heterocycles. The van der Waals surface area contributed by atoms with Gasteiger partial charge in [0.05, 0.1) is 0 Å². The van der Waals surface area contributed by atoms with Gasteiger partial charge in [0.15, 0.2) is 5.82 Å². The molecule has 0 fully saturated rings. The van der Waals surface area contributed by atoms with Gasteiger partial charge in [0.2, 0.25) is 0 Å². The standard InChI is InChI=1S/C10H5Cl3N2/c11-7-3-1-6(2-4-7)10-14-8(12)5-9(13)15-10/h1-5H.